The number of carbonyl (C=O) groups excluding carboxylic acids is 2. The SMILES string of the molecule is O=C1NC(=NC23CC4CC(CC2C4)C3)SC1CC(=O)N1Cc2ccccc2C1. The van der Waals surface area contributed by atoms with Crippen LogP contribution in [0.2, 0.25) is 0 Å². The molecule has 4 saturated carbocycles. The monoisotopic (exact) mass is 395 g/mol. The van der Waals surface area contributed by atoms with Gasteiger partial charge in [0.15, 0.2) is 5.17 Å². The van der Waals surface area contributed by atoms with Crippen LogP contribution in [0.3, 0.4) is 0 Å². The topological polar surface area (TPSA) is 61.8 Å². The lowest BCUT2D eigenvalue weighted by atomic mass is 9.81. The second-order valence-corrected chi connectivity index (χ2v) is 10.6. The van der Waals surface area contributed by atoms with Crippen LogP contribution in [0.15, 0.2) is 29.3 Å². The zero-order chi connectivity index (χ0) is 18.9. The normalized spacial score (nSPS) is 39.1. The van der Waals surface area contributed by atoms with E-state index >= 15 is 0 Å². The van der Waals surface area contributed by atoms with Gasteiger partial charge in [-0.2, -0.15) is 0 Å². The van der Waals surface area contributed by atoms with Gasteiger partial charge in [-0.25, -0.2) is 0 Å². The third kappa shape index (κ3) is 2.64. The summed E-state index contributed by atoms with van der Waals surface area (Å²) >= 11 is 1.48. The summed E-state index contributed by atoms with van der Waals surface area (Å²) in [5.74, 6) is 2.41. The molecule has 3 unspecified atom stereocenters. The predicted octanol–water partition coefficient (Wildman–Crippen LogP) is 3.09. The largest absolute Gasteiger partial charge is 0.334 e. The fourth-order valence-corrected chi connectivity index (χ4v) is 7.58. The molecule has 1 N–H and O–H groups in total. The van der Waals surface area contributed by atoms with Gasteiger partial charge < -0.3 is 10.2 Å². The Hall–Kier alpha value is -1.82. The molecule has 2 amide bonds. The summed E-state index contributed by atoms with van der Waals surface area (Å²) < 4.78 is 0. The van der Waals surface area contributed by atoms with Crippen molar-refractivity contribution in [3.8, 4) is 0 Å². The number of hydrogen-bond donors (Lipinski definition) is 1. The molecule has 2 aliphatic heterocycles. The van der Waals surface area contributed by atoms with Gasteiger partial charge in [0, 0.05) is 19.5 Å². The summed E-state index contributed by atoms with van der Waals surface area (Å²) in [6, 6.07) is 8.18. The maximum atomic E-state index is 12.8. The molecule has 1 aromatic carbocycles. The third-order valence-electron chi connectivity index (χ3n) is 7.60. The molecule has 28 heavy (non-hydrogen) atoms. The van der Waals surface area contributed by atoms with E-state index in [-0.39, 0.29) is 29.0 Å². The van der Waals surface area contributed by atoms with Gasteiger partial charge in [0.05, 0.1) is 5.54 Å². The van der Waals surface area contributed by atoms with E-state index in [4.69, 9.17) is 4.99 Å². The molecule has 4 bridgehead atoms. The maximum absolute atomic E-state index is 12.8. The summed E-state index contributed by atoms with van der Waals surface area (Å²) in [5.41, 5.74) is 2.51. The van der Waals surface area contributed by atoms with Crippen LogP contribution >= 0.6 is 11.8 Å². The summed E-state index contributed by atoms with van der Waals surface area (Å²) in [7, 11) is 0. The zero-order valence-corrected chi connectivity index (χ0v) is 16.7. The van der Waals surface area contributed by atoms with E-state index in [1.807, 2.05) is 17.0 Å². The molecule has 7 rings (SSSR count). The summed E-state index contributed by atoms with van der Waals surface area (Å²) in [6.45, 7) is 1.31. The number of nitrogens with zero attached hydrogens (tertiary/aromatic N) is 2. The zero-order valence-electron chi connectivity index (χ0n) is 15.9. The van der Waals surface area contributed by atoms with Crippen LogP contribution in [0.1, 0.15) is 49.7 Å². The number of thioether (sulfide) groups is 1. The standard InChI is InChI=1S/C22H25N3O2S/c26-19(25-11-15-3-1-2-4-16(15)12-25)8-18-20(27)23-21(28-18)24-22-9-13-5-14(10-22)7-17(22)6-13/h1-4,13-14,17-18H,5-12H2,(H,23,24,27). The number of aliphatic imine (C=N–C) groups is 1. The van der Waals surface area contributed by atoms with Crippen molar-refractivity contribution in [2.45, 2.75) is 62.4 Å². The molecule has 1 aromatic rings. The van der Waals surface area contributed by atoms with Crippen molar-refractivity contribution in [3.63, 3.8) is 0 Å². The number of hydrogen-bond acceptors (Lipinski definition) is 4. The van der Waals surface area contributed by atoms with Crippen LogP contribution in [0, 0.1) is 17.8 Å². The Balaban J connectivity index is 1.13. The summed E-state index contributed by atoms with van der Waals surface area (Å²) in [4.78, 5) is 32.3. The molecule has 0 spiro atoms. The number of carbonyl (C=O) groups is 2. The fourth-order valence-electron chi connectivity index (χ4n) is 6.53. The molecule has 5 nitrogen and oxygen atoms in total. The minimum absolute atomic E-state index is 0.0529. The molecule has 0 aromatic heterocycles. The highest BCUT2D eigenvalue weighted by Crippen LogP contribution is 2.62. The Labute approximate surface area is 169 Å². The number of rotatable bonds is 3. The first-order chi connectivity index (χ1) is 13.6. The second-order valence-electron chi connectivity index (χ2n) is 9.38. The highest BCUT2D eigenvalue weighted by Gasteiger charge is 2.58. The Morgan fingerprint density at radius 2 is 1.82 bits per heavy atom. The van der Waals surface area contributed by atoms with Crippen LogP contribution < -0.4 is 5.32 Å². The molecule has 146 valence electrons. The van der Waals surface area contributed by atoms with Crippen LogP contribution in [0.4, 0.5) is 0 Å². The predicted molar refractivity (Wildman–Crippen MR) is 109 cm³/mol. The minimum atomic E-state index is -0.345. The van der Waals surface area contributed by atoms with Crippen LogP contribution in [0.25, 0.3) is 0 Å². The van der Waals surface area contributed by atoms with E-state index in [0.29, 0.717) is 19.0 Å². The minimum Gasteiger partial charge on any atom is -0.334 e. The average molecular weight is 396 g/mol. The van der Waals surface area contributed by atoms with Crippen molar-refractivity contribution in [3.05, 3.63) is 35.4 Å². The number of fused-ring (bicyclic) bond motifs is 1. The highest BCUT2D eigenvalue weighted by atomic mass is 32.2. The lowest BCUT2D eigenvalue weighted by Crippen LogP contribution is -2.33. The van der Waals surface area contributed by atoms with Crippen molar-refractivity contribution < 1.29 is 9.59 Å². The van der Waals surface area contributed by atoms with E-state index in [1.54, 1.807) is 0 Å². The van der Waals surface area contributed by atoms with E-state index in [9.17, 15) is 9.59 Å². The molecule has 6 heteroatoms. The number of amidine groups is 1. The number of benzene rings is 1. The molecular formula is C22H25N3O2S. The van der Waals surface area contributed by atoms with Crippen molar-refractivity contribution in [1.29, 1.82) is 0 Å². The Morgan fingerprint density at radius 1 is 1.14 bits per heavy atom. The van der Waals surface area contributed by atoms with E-state index in [0.717, 1.165) is 17.0 Å². The van der Waals surface area contributed by atoms with E-state index in [1.165, 1.54) is 55.0 Å². The van der Waals surface area contributed by atoms with Gasteiger partial charge >= 0.3 is 0 Å². The molecule has 0 radical (unpaired) electrons. The smallest absolute Gasteiger partial charge is 0.240 e. The number of nitrogens with one attached hydrogen (secondary N) is 1. The molecule has 3 atom stereocenters. The van der Waals surface area contributed by atoms with Crippen molar-refractivity contribution in [2.75, 3.05) is 0 Å². The molecular weight excluding hydrogens is 370 g/mol. The first-order valence-electron chi connectivity index (χ1n) is 10.5. The molecule has 6 aliphatic rings. The maximum Gasteiger partial charge on any atom is 0.240 e. The van der Waals surface area contributed by atoms with Crippen molar-refractivity contribution >= 4 is 28.7 Å². The van der Waals surface area contributed by atoms with Gasteiger partial charge in [0.25, 0.3) is 0 Å². The van der Waals surface area contributed by atoms with Crippen LogP contribution in [-0.4, -0.2) is 32.7 Å². The van der Waals surface area contributed by atoms with Gasteiger partial charge in [0.1, 0.15) is 5.25 Å². The Morgan fingerprint density at radius 3 is 2.50 bits per heavy atom. The van der Waals surface area contributed by atoms with Crippen molar-refractivity contribution in [1.82, 2.24) is 10.2 Å². The van der Waals surface area contributed by atoms with Crippen LogP contribution in [-0.2, 0) is 22.7 Å². The van der Waals surface area contributed by atoms with Crippen molar-refractivity contribution in [2.24, 2.45) is 22.7 Å². The third-order valence-corrected chi connectivity index (χ3v) is 8.68. The molecule has 5 fully saturated rings. The summed E-state index contributed by atoms with van der Waals surface area (Å²) in [6.07, 6.45) is 6.68. The fraction of sp³-hybridized carbons (Fsp3) is 0.591. The second kappa shape index (κ2) is 6.09. The molecule has 2 heterocycles. The Kier molecular flexibility index (Phi) is 3.71. The highest BCUT2D eigenvalue weighted by molar-refractivity contribution is 8.15. The van der Waals surface area contributed by atoms with Gasteiger partial charge in [-0.1, -0.05) is 36.0 Å². The van der Waals surface area contributed by atoms with E-state index in [2.05, 4.69) is 17.4 Å². The van der Waals surface area contributed by atoms with Gasteiger partial charge in [-0.05, 0) is 61.0 Å². The average Bonchev–Trinajstić information content (AvgIpc) is 3.35. The first-order valence-corrected chi connectivity index (χ1v) is 11.4. The Bertz CT molecular complexity index is 859. The quantitative estimate of drug-likeness (QED) is 0.856. The van der Waals surface area contributed by atoms with Gasteiger partial charge in [0.2, 0.25) is 11.8 Å². The van der Waals surface area contributed by atoms with Gasteiger partial charge in [-0.15, -0.1) is 0 Å². The lowest BCUT2D eigenvalue weighted by molar-refractivity contribution is -0.133. The molecule has 4 aliphatic carbocycles. The van der Waals surface area contributed by atoms with Gasteiger partial charge in [-0.3, -0.25) is 14.6 Å². The first kappa shape index (κ1) is 17.1. The van der Waals surface area contributed by atoms with E-state index < -0.39 is 0 Å². The number of amides is 2. The van der Waals surface area contributed by atoms with Crippen LogP contribution in [0.5, 0.6) is 0 Å². The summed E-state index contributed by atoms with van der Waals surface area (Å²) in [5, 5.41) is 3.40. The lowest BCUT2D eigenvalue weighted by Gasteiger charge is -2.29. The molecule has 1 saturated heterocycles.